The van der Waals surface area contributed by atoms with Gasteiger partial charge in [-0.2, -0.15) is 0 Å². The smallest absolute Gasteiger partial charge is 0.255 e. The Labute approximate surface area is 217 Å². The predicted octanol–water partition coefficient (Wildman–Crippen LogP) is 4.23. The molecule has 1 aliphatic carbocycles. The number of carbonyl (C=O) groups excluding carboxylic acids is 3. The topological polar surface area (TPSA) is 94.3 Å². The van der Waals surface area contributed by atoms with Crippen LogP contribution in [0, 0.1) is 5.92 Å². The van der Waals surface area contributed by atoms with Crippen molar-refractivity contribution in [3.8, 4) is 0 Å². The Bertz CT molecular complexity index is 1370. The van der Waals surface area contributed by atoms with Gasteiger partial charge in [0.2, 0.25) is 11.8 Å². The Morgan fingerprint density at radius 3 is 2.59 bits per heavy atom. The number of fused-ring (bicyclic) bond motifs is 7. The van der Waals surface area contributed by atoms with E-state index in [9.17, 15) is 14.4 Å². The van der Waals surface area contributed by atoms with Gasteiger partial charge >= 0.3 is 0 Å². The summed E-state index contributed by atoms with van der Waals surface area (Å²) in [5.74, 6) is -0.555. The molecule has 3 amide bonds. The number of carbonyl (C=O) groups is 3. The zero-order chi connectivity index (χ0) is 25.7. The highest BCUT2D eigenvalue weighted by Crippen LogP contribution is 2.46. The minimum atomic E-state index is -0.706. The quantitative estimate of drug-likeness (QED) is 0.475. The second kappa shape index (κ2) is 9.36. The van der Waals surface area contributed by atoms with Crippen molar-refractivity contribution in [3.05, 3.63) is 70.9 Å². The summed E-state index contributed by atoms with van der Waals surface area (Å²) in [5, 5.41) is 7.33. The number of hydrogen-bond donors (Lipinski definition) is 3. The molecule has 7 nitrogen and oxygen atoms in total. The van der Waals surface area contributed by atoms with E-state index in [1.165, 1.54) is 0 Å². The molecule has 192 valence electrons. The van der Waals surface area contributed by atoms with Crippen LogP contribution in [0.25, 0.3) is 10.9 Å². The van der Waals surface area contributed by atoms with Gasteiger partial charge in [-0.25, -0.2) is 0 Å². The monoisotopic (exact) mass is 498 g/mol. The first-order chi connectivity index (χ1) is 18.0. The number of aromatic amines is 1. The average Bonchev–Trinajstić information content (AvgIpc) is 3.63. The highest BCUT2D eigenvalue weighted by molar-refractivity contribution is 6.04. The number of nitrogens with one attached hydrogen (secondary N) is 3. The summed E-state index contributed by atoms with van der Waals surface area (Å²) in [4.78, 5) is 46.2. The Morgan fingerprint density at radius 1 is 1.08 bits per heavy atom. The van der Waals surface area contributed by atoms with Crippen LogP contribution in [0.4, 0.5) is 0 Å². The first kappa shape index (κ1) is 23.8. The van der Waals surface area contributed by atoms with E-state index >= 15 is 0 Å². The van der Waals surface area contributed by atoms with Gasteiger partial charge in [-0.05, 0) is 42.0 Å². The molecule has 0 unspecified atom stereocenters. The Hall–Kier alpha value is -3.61. The maximum Gasteiger partial charge on any atom is 0.255 e. The molecule has 7 heteroatoms. The summed E-state index contributed by atoms with van der Waals surface area (Å²) in [6.45, 7) is 4.03. The molecule has 2 aliphatic heterocycles. The summed E-state index contributed by atoms with van der Waals surface area (Å²) < 4.78 is 0. The highest BCUT2D eigenvalue weighted by Gasteiger charge is 2.49. The van der Waals surface area contributed by atoms with Crippen molar-refractivity contribution in [1.82, 2.24) is 20.5 Å². The number of amides is 3. The minimum absolute atomic E-state index is 0.0279. The van der Waals surface area contributed by atoms with Gasteiger partial charge in [-0.1, -0.05) is 69.5 Å². The minimum Gasteiger partial charge on any atom is -0.356 e. The van der Waals surface area contributed by atoms with E-state index in [0.29, 0.717) is 12.0 Å². The van der Waals surface area contributed by atoms with Gasteiger partial charge < -0.3 is 20.5 Å². The van der Waals surface area contributed by atoms with Crippen LogP contribution in [-0.2, 0) is 16.0 Å². The van der Waals surface area contributed by atoms with Gasteiger partial charge in [-0.15, -0.1) is 0 Å². The lowest BCUT2D eigenvalue weighted by Gasteiger charge is -2.38. The van der Waals surface area contributed by atoms with Crippen molar-refractivity contribution in [3.63, 3.8) is 0 Å². The molecule has 1 fully saturated rings. The van der Waals surface area contributed by atoms with Crippen molar-refractivity contribution in [2.75, 3.05) is 0 Å². The average molecular weight is 499 g/mol. The van der Waals surface area contributed by atoms with Crippen LogP contribution in [0.5, 0.6) is 0 Å². The molecule has 3 aromatic rings. The maximum atomic E-state index is 14.0. The van der Waals surface area contributed by atoms with Gasteiger partial charge in [0.25, 0.3) is 5.91 Å². The molecular weight excluding hydrogens is 464 g/mol. The molecule has 6 rings (SSSR count). The van der Waals surface area contributed by atoms with Crippen LogP contribution in [0.3, 0.4) is 0 Å². The number of benzene rings is 2. The summed E-state index contributed by atoms with van der Waals surface area (Å²) in [6, 6.07) is 14.2. The molecule has 3 aliphatic rings. The lowest BCUT2D eigenvalue weighted by molar-refractivity contribution is -0.133. The maximum absolute atomic E-state index is 14.0. The summed E-state index contributed by atoms with van der Waals surface area (Å²) in [6.07, 6.45) is 5.39. The fraction of sp³-hybridized carbons (Fsp3) is 0.433. The van der Waals surface area contributed by atoms with Crippen LogP contribution in [0.2, 0.25) is 0 Å². The van der Waals surface area contributed by atoms with E-state index in [1.807, 2.05) is 56.3 Å². The molecule has 0 radical (unpaired) electrons. The third-order valence-electron chi connectivity index (χ3n) is 8.65. The number of hydrogen-bond acceptors (Lipinski definition) is 3. The van der Waals surface area contributed by atoms with Crippen LogP contribution in [-0.4, -0.2) is 45.7 Å². The fourth-order valence-electron chi connectivity index (χ4n) is 6.45. The molecule has 37 heavy (non-hydrogen) atoms. The van der Waals surface area contributed by atoms with Gasteiger partial charge in [0.15, 0.2) is 0 Å². The molecule has 0 spiro atoms. The molecule has 1 aromatic heterocycles. The number of nitrogens with zero attached hydrogens (tertiary/aromatic N) is 1. The lowest BCUT2D eigenvalue weighted by Crippen LogP contribution is -2.58. The number of para-hydroxylation sites is 1. The van der Waals surface area contributed by atoms with Crippen LogP contribution in [0.15, 0.2) is 48.5 Å². The van der Waals surface area contributed by atoms with E-state index < -0.39 is 12.1 Å². The first-order valence-corrected chi connectivity index (χ1v) is 13.6. The molecule has 1 saturated carbocycles. The zero-order valence-electron chi connectivity index (χ0n) is 21.4. The van der Waals surface area contributed by atoms with Crippen molar-refractivity contribution >= 4 is 28.6 Å². The first-order valence-electron chi connectivity index (χ1n) is 13.6. The van der Waals surface area contributed by atoms with E-state index in [1.54, 1.807) is 4.90 Å². The van der Waals surface area contributed by atoms with Crippen LogP contribution in [0.1, 0.15) is 79.2 Å². The largest absolute Gasteiger partial charge is 0.356 e. The molecular formula is C30H34N4O3. The van der Waals surface area contributed by atoms with Crippen molar-refractivity contribution in [1.29, 1.82) is 0 Å². The summed E-state index contributed by atoms with van der Waals surface area (Å²) >= 11 is 0. The third kappa shape index (κ3) is 3.92. The number of rotatable bonds is 6. The summed E-state index contributed by atoms with van der Waals surface area (Å²) in [5.41, 5.74) is 4.58. The highest BCUT2D eigenvalue weighted by atomic mass is 16.2. The van der Waals surface area contributed by atoms with E-state index in [0.717, 1.165) is 59.8 Å². The van der Waals surface area contributed by atoms with Crippen LogP contribution >= 0.6 is 0 Å². The standard InChI is InChI=1S/C30H34N4O3/c1-3-17(2)25(29(36)31-18-10-4-5-11-18)33-28(35)24-16-22-19-12-8-9-15-23(19)32-26(22)27-20-13-6-7-14-21(20)30(37)34(24)27/h6-9,12-15,17-18,24-25,27,32H,3-5,10-11,16H2,1-2H3,(H,31,36)(H,33,35)/t17-,24-,25-,27-/m0/s1. The number of aromatic nitrogens is 1. The fourth-order valence-corrected chi connectivity index (χ4v) is 6.45. The lowest BCUT2D eigenvalue weighted by atomic mass is 9.89. The zero-order valence-corrected chi connectivity index (χ0v) is 21.4. The second-order valence-electron chi connectivity index (χ2n) is 10.8. The molecule has 2 aromatic carbocycles. The van der Waals surface area contributed by atoms with E-state index in [4.69, 9.17) is 0 Å². The summed E-state index contributed by atoms with van der Waals surface area (Å²) in [7, 11) is 0. The van der Waals surface area contributed by atoms with Crippen LogP contribution < -0.4 is 10.6 Å². The van der Waals surface area contributed by atoms with Gasteiger partial charge in [-0.3, -0.25) is 14.4 Å². The van der Waals surface area contributed by atoms with Gasteiger partial charge in [0.1, 0.15) is 12.1 Å². The molecule has 3 heterocycles. The second-order valence-corrected chi connectivity index (χ2v) is 10.8. The van der Waals surface area contributed by atoms with Gasteiger partial charge in [0, 0.05) is 34.6 Å². The molecule has 0 bridgehead atoms. The molecule has 3 N–H and O–H groups in total. The third-order valence-corrected chi connectivity index (χ3v) is 8.65. The Kier molecular flexibility index (Phi) is 6.01. The van der Waals surface area contributed by atoms with E-state index in [-0.39, 0.29) is 35.7 Å². The van der Waals surface area contributed by atoms with E-state index in [2.05, 4.69) is 21.7 Å². The number of H-pyrrole nitrogens is 1. The SMILES string of the molecule is CC[C@H](C)[C@H](NC(=O)[C@@H]1Cc2c([nH]c3ccccc23)[C@@H]2c3ccccc3C(=O)N21)C(=O)NC1CCCC1. The molecule has 4 atom stereocenters. The predicted molar refractivity (Wildman–Crippen MR) is 142 cm³/mol. The normalized spacial score (nSPS) is 22.3. The van der Waals surface area contributed by atoms with Crippen molar-refractivity contribution in [2.24, 2.45) is 5.92 Å². The Morgan fingerprint density at radius 2 is 1.81 bits per heavy atom. The Balaban J connectivity index is 1.36. The van der Waals surface area contributed by atoms with Crippen molar-refractivity contribution < 1.29 is 14.4 Å². The van der Waals surface area contributed by atoms with Crippen molar-refractivity contribution in [2.45, 2.75) is 76.5 Å². The molecule has 0 saturated heterocycles. The van der Waals surface area contributed by atoms with Gasteiger partial charge in [0.05, 0.1) is 6.04 Å².